The summed E-state index contributed by atoms with van der Waals surface area (Å²) >= 11 is 0. The van der Waals surface area contributed by atoms with Gasteiger partial charge in [0.25, 0.3) is 0 Å². The Hall–Kier alpha value is -1.37. The predicted octanol–water partition coefficient (Wildman–Crippen LogP) is 1.31. The maximum atomic E-state index is 12.6. The van der Waals surface area contributed by atoms with E-state index in [9.17, 15) is 14.0 Å². The third-order valence-electron chi connectivity index (χ3n) is 4.82. The first-order valence-electron chi connectivity index (χ1n) is 8.10. The molecule has 0 spiro atoms. The average molecular weight is 315 g/mol. The fourth-order valence-electron chi connectivity index (χ4n) is 3.23. The second-order valence-electron chi connectivity index (χ2n) is 6.31. The highest BCUT2D eigenvalue weighted by atomic mass is 19.1. The second-order valence-corrected chi connectivity index (χ2v) is 6.31. The summed E-state index contributed by atoms with van der Waals surface area (Å²) in [6, 6.07) is 0.296. The van der Waals surface area contributed by atoms with Crippen LogP contribution in [0.5, 0.6) is 0 Å². The molecule has 0 unspecified atom stereocenters. The van der Waals surface area contributed by atoms with Crippen molar-refractivity contribution >= 4 is 12.0 Å². The molecule has 1 aliphatic carbocycles. The van der Waals surface area contributed by atoms with Crippen LogP contribution in [0.15, 0.2) is 0 Å². The highest BCUT2D eigenvalue weighted by Crippen LogP contribution is 2.26. The Bertz CT molecular complexity index is 393. The molecule has 1 saturated heterocycles. The summed E-state index contributed by atoms with van der Waals surface area (Å²) < 4.78 is 12.6. The number of carbonyl (C=O) groups excluding carboxylic acids is 1. The standard InChI is InChI=1S/C15H26FN3O3/c1-2-18(10-14(20)21)13-7-12(8-13)17-15(22)19-5-3-11(9-16)4-6-19/h11-13H,2-10H2,1H3,(H,17,22)(H,20,21). The van der Waals surface area contributed by atoms with Gasteiger partial charge in [-0.05, 0) is 38.1 Å². The van der Waals surface area contributed by atoms with Gasteiger partial charge < -0.3 is 15.3 Å². The number of carboxylic acid groups (broad SMARTS) is 1. The molecule has 2 N–H and O–H groups in total. The van der Waals surface area contributed by atoms with E-state index in [4.69, 9.17) is 5.11 Å². The Morgan fingerprint density at radius 1 is 1.32 bits per heavy atom. The van der Waals surface area contributed by atoms with Crippen LogP contribution in [0.3, 0.4) is 0 Å². The minimum absolute atomic E-state index is 0.0541. The van der Waals surface area contributed by atoms with Crippen LogP contribution in [-0.2, 0) is 4.79 Å². The van der Waals surface area contributed by atoms with Crippen LogP contribution in [0.1, 0.15) is 32.6 Å². The van der Waals surface area contributed by atoms with Gasteiger partial charge in [0.2, 0.25) is 0 Å². The maximum Gasteiger partial charge on any atom is 0.317 e. The number of alkyl halides is 1. The van der Waals surface area contributed by atoms with Gasteiger partial charge in [-0.2, -0.15) is 0 Å². The number of carbonyl (C=O) groups is 2. The third kappa shape index (κ3) is 4.32. The number of amides is 2. The topological polar surface area (TPSA) is 72.9 Å². The molecule has 1 aliphatic heterocycles. The molecule has 0 aromatic rings. The number of likely N-dealkylation sites (N-methyl/N-ethyl adjacent to an activating group) is 1. The van der Waals surface area contributed by atoms with E-state index in [1.165, 1.54) is 0 Å². The molecule has 2 rings (SSSR count). The molecule has 0 bridgehead atoms. The summed E-state index contributed by atoms with van der Waals surface area (Å²) in [6.07, 6.45) is 3.07. The normalized spacial score (nSPS) is 25.9. The van der Waals surface area contributed by atoms with E-state index >= 15 is 0 Å². The zero-order chi connectivity index (χ0) is 16.1. The molecule has 0 atom stereocenters. The van der Waals surface area contributed by atoms with E-state index in [1.54, 1.807) is 4.90 Å². The first kappa shape index (κ1) is 17.0. The quantitative estimate of drug-likeness (QED) is 0.775. The van der Waals surface area contributed by atoms with Gasteiger partial charge in [0.15, 0.2) is 0 Å². The summed E-state index contributed by atoms with van der Waals surface area (Å²) in [5, 5.41) is 11.9. The van der Waals surface area contributed by atoms with Gasteiger partial charge in [-0.1, -0.05) is 6.92 Å². The van der Waals surface area contributed by atoms with Gasteiger partial charge in [-0.3, -0.25) is 14.1 Å². The number of hydrogen-bond donors (Lipinski definition) is 2. The number of aliphatic carboxylic acids is 1. The molecule has 0 aromatic carbocycles. The van der Waals surface area contributed by atoms with Gasteiger partial charge in [-0.15, -0.1) is 0 Å². The van der Waals surface area contributed by atoms with Crippen molar-refractivity contribution in [3.63, 3.8) is 0 Å². The van der Waals surface area contributed by atoms with Gasteiger partial charge >= 0.3 is 12.0 Å². The molecule has 126 valence electrons. The van der Waals surface area contributed by atoms with Crippen LogP contribution in [0.4, 0.5) is 9.18 Å². The molecule has 2 aliphatic rings. The van der Waals surface area contributed by atoms with E-state index in [1.807, 2.05) is 11.8 Å². The van der Waals surface area contributed by atoms with Crippen molar-refractivity contribution in [2.75, 3.05) is 32.9 Å². The molecule has 0 aromatic heterocycles. The molecule has 1 heterocycles. The largest absolute Gasteiger partial charge is 0.480 e. The number of nitrogens with zero attached hydrogens (tertiary/aromatic N) is 2. The molecular formula is C15H26FN3O3. The summed E-state index contributed by atoms with van der Waals surface area (Å²) in [5.74, 6) is -0.712. The molecule has 2 amide bonds. The highest BCUT2D eigenvalue weighted by Gasteiger charge is 2.35. The molecule has 1 saturated carbocycles. The number of carboxylic acids is 1. The van der Waals surface area contributed by atoms with E-state index < -0.39 is 5.97 Å². The molecule has 0 radical (unpaired) electrons. The van der Waals surface area contributed by atoms with Gasteiger partial charge in [0.1, 0.15) is 0 Å². The fraction of sp³-hybridized carbons (Fsp3) is 0.867. The van der Waals surface area contributed by atoms with E-state index in [0.717, 1.165) is 25.7 Å². The third-order valence-corrected chi connectivity index (χ3v) is 4.82. The van der Waals surface area contributed by atoms with Gasteiger partial charge in [0, 0.05) is 25.2 Å². The van der Waals surface area contributed by atoms with E-state index in [0.29, 0.717) is 19.6 Å². The number of likely N-dealkylation sites (tertiary alicyclic amines) is 1. The number of piperidine rings is 1. The summed E-state index contributed by atoms with van der Waals surface area (Å²) in [5.41, 5.74) is 0. The average Bonchev–Trinajstić information content (AvgIpc) is 2.48. The number of nitrogens with one attached hydrogen (secondary N) is 1. The van der Waals surface area contributed by atoms with Crippen molar-refractivity contribution in [2.45, 2.75) is 44.7 Å². The van der Waals surface area contributed by atoms with Gasteiger partial charge in [-0.25, -0.2) is 4.79 Å². The Labute approximate surface area is 130 Å². The van der Waals surface area contributed by atoms with Crippen molar-refractivity contribution in [3.8, 4) is 0 Å². The summed E-state index contributed by atoms with van der Waals surface area (Å²) in [7, 11) is 0. The Kier molecular flexibility index (Phi) is 5.99. The Balaban J connectivity index is 1.69. The van der Waals surface area contributed by atoms with Crippen molar-refractivity contribution in [2.24, 2.45) is 5.92 Å². The van der Waals surface area contributed by atoms with Crippen molar-refractivity contribution in [1.82, 2.24) is 15.1 Å². The lowest BCUT2D eigenvalue weighted by Gasteiger charge is -2.43. The maximum absolute atomic E-state index is 12.6. The minimum Gasteiger partial charge on any atom is -0.480 e. The predicted molar refractivity (Wildman–Crippen MR) is 80.5 cm³/mol. The van der Waals surface area contributed by atoms with Crippen LogP contribution < -0.4 is 5.32 Å². The fourth-order valence-corrected chi connectivity index (χ4v) is 3.23. The van der Waals surface area contributed by atoms with Crippen molar-refractivity contribution < 1.29 is 19.1 Å². The van der Waals surface area contributed by atoms with E-state index in [-0.39, 0.29) is 37.3 Å². The van der Waals surface area contributed by atoms with Crippen LogP contribution in [-0.4, -0.2) is 71.8 Å². The first-order chi connectivity index (χ1) is 10.5. The van der Waals surface area contributed by atoms with Gasteiger partial charge in [0.05, 0.1) is 13.2 Å². The first-order valence-corrected chi connectivity index (χ1v) is 8.10. The number of hydrogen-bond acceptors (Lipinski definition) is 3. The zero-order valence-electron chi connectivity index (χ0n) is 13.1. The lowest BCUT2D eigenvalue weighted by molar-refractivity contribution is -0.139. The lowest BCUT2D eigenvalue weighted by Crippen LogP contribution is -2.57. The molecule has 22 heavy (non-hydrogen) atoms. The summed E-state index contributed by atoms with van der Waals surface area (Å²) in [6.45, 7) is 3.65. The smallest absolute Gasteiger partial charge is 0.317 e. The molecular weight excluding hydrogens is 289 g/mol. The zero-order valence-corrected chi connectivity index (χ0v) is 13.1. The summed E-state index contributed by atoms with van der Waals surface area (Å²) in [4.78, 5) is 26.6. The van der Waals surface area contributed by atoms with Crippen LogP contribution >= 0.6 is 0 Å². The second kappa shape index (κ2) is 7.76. The monoisotopic (exact) mass is 315 g/mol. The lowest BCUT2D eigenvalue weighted by atomic mass is 9.85. The number of halogens is 1. The number of rotatable bonds is 6. The molecule has 7 heteroatoms. The molecule has 6 nitrogen and oxygen atoms in total. The van der Waals surface area contributed by atoms with Crippen LogP contribution in [0.25, 0.3) is 0 Å². The Morgan fingerprint density at radius 2 is 1.95 bits per heavy atom. The van der Waals surface area contributed by atoms with Crippen molar-refractivity contribution in [1.29, 1.82) is 0 Å². The number of urea groups is 1. The van der Waals surface area contributed by atoms with Crippen molar-refractivity contribution in [3.05, 3.63) is 0 Å². The SMILES string of the molecule is CCN(CC(=O)O)C1CC(NC(=O)N2CCC(CF)CC2)C1. The van der Waals surface area contributed by atoms with Crippen LogP contribution in [0.2, 0.25) is 0 Å². The Morgan fingerprint density at radius 3 is 2.45 bits per heavy atom. The highest BCUT2D eigenvalue weighted by molar-refractivity contribution is 5.74. The molecule has 2 fully saturated rings. The van der Waals surface area contributed by atoms with Crippen LogP contribution in [0, 0.1) is 5.92 Å². The minimum atomic E-state index is -0.815. The van der Waals surface area contributed by atoms with E-state index in [2.05, 4.69) is 5.32 Å².